The van der Waals surface area contributed by atoms with E-state index in [2.05, 4.69) is 10.3 Å². The van der Waals surface area contributed by atoms with E-state index in [0.717, 1.165) is 17.0 Å². The van der Waals surface area contributed by atoms with Crippen molar-refractivity contribution in [2.45, 2.75) is 32.7 Å². The van der Waals surface area contributed by atoms with Crippen molar-refractivity contribution in [2.24, 2.45) is 0 Å². The highest BCUT2D eigenvalue weighted by Gasteiger charge is 2.29. The van der Waals surface area contributed by atoms with Gasteiger partial charge in [-0.25, -0.2) is 13.4 Å². The van der Waals surface area contributed by atoms with Crippen LogP contribution >= 0.6 is 11.3 Å². The topological polar surface area (TPSA) is 92.5 Å². The standard InChI is InChI=1S/C15H19N3O4S2/c1-2-3-9-24(20,21)18-7-6-11-13(10-18)23-15(16-11)17-14(19)12-5-4-8-22-12/h4-5,8H,2-3,6-7,9-10H2,1H3,(H,16,17,19). The molecule has 7 nitrogen and oxygen atoms in total. The molecule has 0 unspecified atom stereocenters. The number of rotatable bonds is 6. The molecule has 1 aliphatic rings. The van der Waals surface area contributed by atoms with Crippen LogP contribution in [-0.2, 0) is 23.0 Å². The van der Waals surface area contributed by atoms with E-state index in [-0.39, 0.29) is 17.4 Å². The average Bonchev–Trinajstić information content (AvgIpc) is 3.21. The van der Waals surface area contributed by atoms with Crippen LogP contribution in [0.4, 0.5) is 5.13 Å². The Morgan fingerprint density at radius 1 is 1.50 bits per heavy atom. The summed E-state index contributed by atoms with van der Waals surface area (Å²) in [5.74, 6) is 0.0326. The fourth-order valence-electron chi connectivity index (χ4n) is 2.49. The highest BCUT2D eigenvalue weighted by atomic mass is 32.2. The Morgan fingerprint density at radius 2 is 2.33 bits per heavy atom. The highest BCUT2D eigenvalue weighted by Crippen LogP contribution is 2.30. The number of carbonyl (C=O) groups excluding carboxylic acids is 1. The summed E-state index contributed by atoms with van der Waals surface area (Å²) in [5, 5.41) is 3.16. The highest BCUT2D eigenvalue weighted by molar-refractivity contribution is 7.89. The number of carbonyl (C=O) groups is 1. The number of hydrogen-bond acceptors (Lipinski definition) is 6. The van der Waals surface area contributed by atoms with Crippen molar-refractivity contribution in [3.8, 4) is 0 Å². The summed E-state index contributed by atoms with van der Waals surface area (Å²) in [7, 11) is -3.23. The van der Waals surface area contributed by atoms with E-state index in [1.165, 1.54) is 21.9 Å². The molecule has 2 aromatic rings. The van der Waals surface area contributed by atoms with Gasteiger partial charge in [-0.3, -0.25) is 10.1 Å². The van der Waals surface area contributed by atoms with Crippen molar-refractivity contribution >= 4 is 32.4 Å². The van der Waals surface area contributed by atoms with Crippen molar-refractivity contribution in [1.29, 1.82) is 0 Å². The Kier molecular flexibility index (Phi) is 5.02. The zero-order valence-corrected chi connectivity index (χ0v) is 15.0. The third-order valence-electron chi connectivity index (χ3n) is 3.81. The van der Waals surface area contributed by atoms with E-state index in [1.807, 2.05) is 6.92 Å². The molecule has 0 radical (unpaired) electrons. The van der Waals surface area contributed by atoms with Gasteiger partial charge >= 0.3 is 0 Å². The molecule has 0 aliphatic carbocycles. The van der Waals surface area contributed by atoms with Crippen LogP contribution in [0.1, 0.15) is 40.9 Å². The number of aromatic nitrogens is 1. The number of nitrogens with zero attached hydrogens (tertiary/aromatic N) is 2. The molecule has 9 heteroatoms. The molecule has 0 fully saturated rings. The predicted octanol–water partition coefficient (Wildman–Crippen LogP) is 2.48. The normalized spacial score (nSPS) is 15.2. The summed E-state index contributed by atoms with van der Waals surface area (Å²) in [6.45, 7) is 2.74. The second-order valence-electron chi connectivity index (χ2n) is 5.57. The fraction of sp³-hybridized carbons (Fsp3) is 0.467. The Balaban J connectivity index is 1.70. The third kappa shape index (κ3) is 3.68. The first kappa shape index (κ1) is 17.1. The lowest BCUT2D eigenvalue weighted by atomic mass is 10.2. The molecule has 3 rings (SSSR count). The number of nitrogens with one attached hydrogen (secondary N) is 1. The monoisotopic (exact) mass is 369 g/mol. The Labute approximate surface area is 144 Å². The van der Waals surface area contributed by atoms with E-state index in [0.29, 0.717) is 31.1 Å². The van der Waals surface area contributed by atoms with Gasteiger partial charge in [0.1, 0.15) is 0 Å². The van der Waals surface area contributed by atoms with E-state index in [1.54, 1.807) is 12.1 Å². The van der Waals surface area contributed by atoms with Gasteiger partial charge in [0.2, 0.25) is 10.0 Å². The van der Waals surface area contributed by atoms with Crippen LogP contribution in [0.2, 0.25) is 0 Å². The van der Waals surface area contributed by atoms with E-state index >= 15 is 0 Å². The lowest BCUT2D eigenvalue weighted by Crippen LogP contribution is -2.37. The van der Waals surface area contributed by atoms with Gasteiger partial charge in [-0.1, -0.05) is 13.3 Å². The Bertz CT molecular complexity index is 812. The van der Waals surface area contributed by atoms with Gasteiger partial charge in [0.05, 0.1) is 17.7 Å². The Morgan fingerprint density at radius 3 is 3.04 bits per heavy atom. The third-order valence-corrected chi connectivity index (χ3v) is 6.71. The first-order valence-electron chi connectivity index (χ1n) is 7.81. The second-order valence-corrected chi connectivity index (χ2v) is 8.75. The minimum Gasteiger partial charge on any atom is -0.459 e. The van der Waals surface area contributed by atoms with Crippen molar-refractivity contribution in [3.63, 3.8) is 0 Å². The van der Waals surface area contributed by atoms with E-state index < -0.39 is 10.0 Å². The van der Waals surface area contributed by atoms with Crippen molar-refractivity contribution in [3.05, 3.63) is 34.7 Å². The SMILES string of the molecule is CCCCS(=O)(=O)N1CCc2nc(NC(=O)c3ccco3)sc2C1. The predicted molar refractivity (Wildman–Crippen MR) is 91.6 cm³/mol. The zero-order valence-electron chi connectivity index (χ0n) is 13.3. The van der Waals surface area contributed by atoms with Crippen LogP contribution in [0, 0.1) is 0 Å². The van der Waals surface area contributed by atoms with Crippen LogP contribution in [0.25, 0.3) is 0 Å². The van der Waals surface area contributed by atoms with Gasteiger partial charge in [-0.2, -0.15) is 4.31 Å². The minimum absolute atomic E-state index is 0.180. The van der Waals surface area contributed by atoms with Crippen LogP contribution in [0.15, 0.2) is 22.8 Å². The number of sulfonamides is 1. The first-order chi connectivity index (χ1) is 11.5. The second kappa shape index (κ2) is 7.04. The number of anilines is 1. The Hall–Kier alpha value is -1.71. The summed E-state index contributed by atoms with van der Waals surface area (Å²) in [4.78, 5) is 17.3. The minimum atomic E-state index is -3.23. The molecule has 0 atom stereocenters. The maximum absolute atomic E-state index is 12.3. The van der Waals surface area contributed by atoms with Crippen LogP contribution < -0.4 is 5.32 Å². The largest absolute Gasteiger partial charge is 0.459 e. The molecule has 0 saturated heterocycles. The van der Waals surface area contributed by atoms with Crippen LogP contribution in [0.5, 0.6) is 0 Å². The zero-order chi connectivity index (χ0) is 17.2. The van der Waals surface area contributed by atoms with Gasteiger partial charge < -0.3 is 4.42 Å². The number of hydrogen-bond donors (Lipinski definition) is 1. The molecule has 1 N–H and O–H groups in total. The summed E-state index contributed by atoms with van der Waals surface area (Å²) in [6, 6.07) is 3.21. The molecule has 1 amide bonds. The molecule has 0 spiro atoms. The number of unbranched alkanes of at least 4 members (excludes halogenated alkanes) is 1. The number of amides is 1. The summed E-state index contributed by atoms with van der Waals surface area (Å²) in [6.07, 6.45) is 3.51. The molecule has 0 bridgehead atoms. The summed E-state index contributed by atoms with van der Waals surface area (Å²) >= 11 is 1.31. The summed E-state index contributed by atoms with van der Waals surface area (Å²) in [5.41, 5.74) is 0.858. The van der Waals surface area contributed by atoms with E-state index in [9.17, 15) is 13.2 Å². The fourth-order valence-corrected chi connectivity index (χ4v) is 5.19. The maximum Gasteiger partial charge on any atom is 0.293 e. The average molecular weight is 369 g/mol. The quantitative estimate of drug-likeness (QED) is 0.844. The van der Waals surface area contributed by atoms with Gasteiger partial charge in [0.15, 0.2) is 10.9 Å². The molecule has 2 aromatic heterocycles. The van der Waals surface area contributed by atoms with Gasteiger partial charge in [0, 0.05) is 24.4 Å². The molecule has 3 heterocycles. The van der Waals surface area contributed by atoms with Gasteiger partial charge in [0.25, 0.3) is 5.91 Å². The molecule has 1 aliphatic heterocycles. The van der Waals surface area contributed by atoms with Crippen molar-refractivity contribution in [2.75, 3.05) is 17.6 Å². The molecule has 0 saturated carbocycles. The molecule has 130 valence electrons. The number of fused-ring (bicyclic) bond motifs is 1. The van der Waals surface area contributed by atoms with E-state index in [4.69, 9.17) is 4.42 Å². The molecule has 0 aromatic carbocycles. The van der Waals surface area contributed by atoms with Crippen molar-refractivity contribution < 1.29 is 17.6 Å². The number of furan rings is 1. The summed E-state index contributed by atoms with van der Waals surface area (Å²) < 4.78 is 31.2. The molecular formula is C15H19N3O4S2. The molecular weight excluding hydrogens is 350 g/mol. The van der Waals surface area contributed by atoms with Crippen molar-refractivity contribution in [1.82, 2.24) is 9.29 Å². The smallest absolute Gasteiger partial charge is 0.293 e. The number of thiazole rings is 1. The van der Waals surface area contributed by atoms with Gasteiger partial charge in [-0.05, 0) is 18.6 Å². The first-order valence-corrected chi connectivity index (χ1v) is 10.2. The van der Waals surface area contributed by atoms with Crippen LogP contribution in [0.3, 0.4) is 0 Å². The maximum atomic E-state index is 12.3. The van der Waals surface area contributed by atoms with Crippen LogP contribution in [-0.4, -0.2) is 35.9 Å². The van der Waals surface area contributed by atoms with Gasteiger partial charge in [-0.15, -0.1) is 11.3 Å². The lowest BCUT2D eigenvalue weighted by Gasteiger charge is -2.25. The molecule has 24 heavy (non-hydrogen) atoms. The lowest BCUT2D eigenvalue weighted by molar-refractivity contribution is 0.0996.